The van der Waals surface area contributed by atoms with Crippen molar-refractivity contribution >= 4 is 11.6 Å². The Labute approximate surface area is 110 Å². The van der Waals surface area contributed by atoms with Crippen LogP contribution in [0.1, 0.15) is 45.4 Å². The Kier molecular flexibility index (Phi) is 6.85. The quantitative estimate of drug-likeness (QED) is 0.528. The van der Waals surface area contributed by atoms with Gasteiger partial charge in [0.15, 0.2) is 0 Å². The van der Waals surface area contributed by atoms with Crippen LogP contribution in [-0.2, 0) is 4.79 Å². The number of anilines is 1. The number of carbonyl (C=O) groups is 1. The largest absolute Gasteiger partial charge is 0.322 e. The fourth-order valence-corrected chi connectivity index (χ4v) is 1.80. The predicted octanol–water partition coefficient (Wildman–Crippen LogP) is 4.54. The van der Waals surface area contributed by atoms with Crippen LogP contribution in [0.15, 0.2) is 42.5 Å². The molecule has 0 radical (unpaired) electrons. The van der Waals surface area contributed by atoms with Gasteiger partial charge in [-0.2, -0.15) is 0 Å². The summed E-state index contributed by atoms with van der Waals surface area (Å²) in [5, 5.41) is 2.86. The van der Waals surface area contributed by atoms with E-state index in [0.717, 1.165) is 18.5 Å². The Morgan fingerprint density at radius 2 is 1.78 bits per heavy atom. The molecule has 18 heavy (non-hydrogen) atoms. The van der Waals surface area contributed by atoms with Gasteiger partial charge in [-0.3, -0.25) is 4.79 Å². The highest BCUT2D eigenvalue weighted by Gasteiger charge is 2.06. The monoisotopic (exact) mass is 245 g/mol. The number of unbranched alkanes of at least 4 members (excludes halogenated alkanes) is 4. The topological polar surface area (TPSA) is 29.1 Å². The summed E-state index contributed by atoms with van der Waals surface area (Å²) < 4.78 is 0. The highest BCUT2D eigenvalue weighted by atomic mass is 16.1. The summed E-state index contributed by atoms with van der Waals surface area (Å²) >= 11 is 0. The van der Waals surface area contributed by atoms with Crippen molar-refractivity contribution in [2.75, 3.05) is 5.32 Å². The van der Waals surface area contributed by atoms with Crippen LogP contribution in [0.5, 0.6) is 0 Å². The fourth-order valence-electron chi connectivity index (χ4n) is 1.80. The predicted molar refractivity (Wildman–Crippen MR) is 77.6 cm³/mol. The second kappa shape index (κ2) is 8.51. The SMILES string of the molecule is C=C(CCCCCCC)C(=O)Nc1ccccc1. The summed E-state index contributed by atoms with van der Waals surface area (Å²) in [5.41, 5.74) is 1.50. The van der Waals surface area contributed by atoms with Gasteiger partial charge in [0.05, 0.1) is 0 Å². The van der Waals surface area contributed by atoms with Gasteiger partial charge in [-0.25, -0.2) is 0 Å². The van der Waals surface area contributed by atoms with Gasteiger partial charge < -0.3 is 5.32 Å². The van der Waals surface area contributed by atoms with Crippen LogP contribution in [0.25, 0.3) is 0 Å². The Balaban J connectivity index is 2.23. The van der Waals surface area contributed by atoms with Crippen LogP contribution in [0, 0.1) is 0 Å². The summed E-state index contributed by atoms with van der Waals surface area (Å²) in [6.45, 7) is 6.06. The Bertz CT molecular complexity index is 370. The zero-order valence-corrected chi connectivity index (χ0v) is 11.2. The van der Waals surface area contributed by atoms with E-state index in [1.807, 2.05) is 30.3 Å². The first-order valence-corrected chi connectivity index (χ1v) is 6.78. The highest BCUT2D eigenvalue weighted by Crippen LogP contribution is 2.12. The van der Waals surface area contributed by atoms with E-state index in [1.54, 1.807) is 0 Å². The molecule has 0 heterocycles. The molecular weight excluding hydrogens is 222 g/mol. The van der Waals surface area contributed by atoms with Crippen LogP contribution in [-0.4, -0.2) is 5.91 Å². The molecule has 0 spiro atoms. The molecule has 1 amide bonds. The fraction of sp³-hybridized carbons (Fsp3) is 0.438. The number of rotatable bonds is 8. The molecule has 1 N–H and O–H groups in total. The van der Waals surface area contributed by atoms with E-state index in [9.17, 15) is 4.79 Å². The number of benzene rings is 1. The average molecular weight is 245 g/mol. The smallest absolute Gasteiger partial charge is 0.250 e. The first-order valence-electron chi connectivity index (χ1n) is 6.78. The summed E-state index contributed by atoms with van der Waals surface area (Å²) in [5.74, 6) is -0.0586. The molecule has 1 rings (SSSR count). The normalized spacial score (nSPS) is 10.1. The second-order valence-corrected chi connectivity index (χ2v) is 4.59. The lowest BCUT2D eigenvalue weighted by Gasteiger charge is -2.07. The van der Waals surface area contributed by atoms with Crippen molar-refractivity contribution in [1.29, 1.82) is 0 Å². The van der Waals surface area contributed by atoms with E-state index in [0.29, 0.717) is 5.57 Å². The third kappa shape index (κ3) is 5.67. The summed E-state index contributed by atoms with van der Waals surface area (Å²) in [6.07, 6.45) is 6.82. The van der Waals surface area contributed by atoms with Crippen molar-refractivity contribution < 1.29 is 4.79 Å². The summed E-state index contributed by atoms with van der Waals surface area (Å²) in [7, 11) is 0. The lowest BCUT2D eigenvalue weighted by Crippen LogP contribution is -2.13. The molecule has 2 heteroatoms. The molecule has 0 saturated carbocycles. The van der Waals surface area contributed by atoms with Crippen molar-refractivity contribution in [2.45, 2.75) is 45.4 Å². The standard InChI is InChI=1S/C16H23NO/c1-3-4-5-6-8-11-14(2)16(18)17-15-12-9-7-10-13-15/h7,9-10,12-13H,2-6,8,11H2,1H3,(H,17,18). The molecule has 2 nitrogen and oxygen atoms in total. The van der Waals surface area contributed by atoms with Gasteiger partial charge in [0, 0.05) is 11.3 Å². The minimum atomic E-state index is -0.0586. The van der Waals surface area contributed by atoms with E-state index in [4.69, 9.17) is 0 Å². The summed E-state index contributed by atoms with van der Waals surface area (Å²) in [4.78, 5) is 11.8. The minimum absolute atomic E-state index is 0.0586. The molecule has 1 aromatic rings. The number of hydrogen-bond acceptors (Lipinski definition) is 1. The zero-order valence-electron chi connectivity index (χ0n) is 11.2. The number of hydrogen-bond donors (Lipinski definition) is 1. The van der Waals surface area contributed by atoms with E-state index in [2.05, 4.69) is 18.8 Å². The van der Waals surface area contributed by atoms with Gasteiger partial charge in [-0.15, -0.1) is 0 Å². The Morgan fingerprint density at radius 3 is 2.44 bits per heavy atom. The molecule has 98 valence electrons. The maximum Gasteiger partial charge on any atom is 0.250 e. The third-order valence-electron chi connectivity index (χ3n) is 2.93. The van der Waals surface area contributed by atoms with Gasteiger partial charge in [0.2, 0.25) is 0 Å². The summed E-state index contributed by atoms with van der Waals surface area (Å²) in [6, 6.07) is 9.50. The van der Waals surface area contributed by atoms with E-state index >= 15 is 0 Å². The zero-order chi connectivity index (χ0) is 13.2. The molecule has 0 atom stereocenters. The van der Waals surface area contributed by atoms with Gasteiger partial charge in [0.25, 0.3) is 5.91 Å². The molecule has 0 saturated heterocycles. The Morgan fingerprint density at radius 1 is 1.11 bits per heavy atom. The lowest BCUT2D eigenvalue weighted by atomic mass is 10.1. The van der Waals surface area contributed by atoms with Crippen molar-refractivity contribution in [2.24, 2.45) is 0 Å². The molecule has 0 unspecified atom stereocenters. The van der Waals surface area contributed by atoms with Gasteiger partial charge >= 0.3 is 0 Å². The molecule has 0 bridgehead atoms. The molecule has 0 aliphatic rings. The number of amides is 1. The van der Waals surface area contributed by atoms with Crippen molar-refractivity contribution in [1.82, 2.24) is 0 Å². The molecule has 0 aromatic heterocycles. The molecule has 1 aromatic carbocycles. The van der Waals surface area contributed by atoms with Crippen molar-refractivity contribution in [3.63, 3.8) is 0 Å². The van der Waals surface area contributed by atoms with Gasteiger partial charge in [0.1, 0.15) is 0 Å². The third-order valence-corrected chi connectivity index (χ3v) is 2.93. The Hall–Kier alpha value is -1.57. The average Bonchev–Trinajstić information content (AvgIpc) is 2.39. The highest BCUT2D eigenvalue weighted by molar-refractivity contribution is 6.03. The molecule has 0 aliphatic heterocycles. The number of carbonyl (C=O) groups excluding carboxylic acids is 1. The van der Waals surface area contributed by atoms with Crippen LogP contribution in [0.2, 0.25) is 0 Å². The van der Waals surface area contributed by atoms with Crippen molar-refractivity contribution in [3.8, 4) is 0 Å². The molecular formula is C16H23NO. The van der Waals surface area contributed by atoms with Gasteiger partial charge in [-0.1, -0.05) is 57.4 Å². The van der Waals surface area contributed by atoms with E-state index in [1.165, 1.54) is 25.7 Å². The maximum atomic E-state index is 11.8. The number of para-hydroxylation sites is 1. The van der Waals surface area contributed by atoms with Crippen molar-refractivity contribution in [3.05, 3.63) is 42.5 Å². The molecule has 0 aliphatic carbocycles. The first-order chi connectivity index (χ1) is 8.74. The number of nitrogens with one attached hydrogen (secondary N) is 1. The first kappa shape index (κ1) is 14.5. The maximum absolute atomic E-state index is 11.8. The second-order valence-electron chi connectivity index (χ2n) is 4.59. The van der Waals surface area contributed by atoms with Gasteiger partial charge in [-0.05, 0) is 25.0 Å². The molecule has 0 fully saturated rings. The lowest BCUT2D eigenvalue weighted by molar-refractivity contribution is -0.113. The van der Waals surface area contributed by atoms with Crippen LogP contribution < -0.4 is 5.32 Å². The van der Waals surface area contributed by atoms with Crippen LogP contribution >= 0.6 is 0 Å². The minimum Gasteiger partial charge on any atom is -0.322 e. The van der Waals surface area contributed by atoms with Crippen LogP contribution in [0.4, 0.5) is 5.69 Å². The van der Waals surface area contributed by atoms with Crippen LogP contribution in [0.3, 0.4) is 0 Å². The van der Waals surface area contributed by atoms with E-state index < -0.39 is 0 Å². The van der Waals surface area contributed by atoms with E-state index in [-0.39, 0.29) is 5.91 Å².